The summed E-state index contributed by atoms with van der Waals surface area (Å²) in [4.78, 5) is 17.1. The van der Waals surface area contributed by atoms with Gasteiger partial charge in [-0.1, -0.05) is 18.2 Å². The van der Waals surface area contributed by atoms with Crippen LogP contribution >= 0.6 is 0 Å². The number of nitrogens with one attached hydrogen (secondary N) is 1. The molecule has 136 valence electrons. The number of carbonyl (C=O) groups is 1. The zero-order chi connectivity index (χ0) is 18.5. The molecule has 3 aromatic rings. The number of benzene rings is 1. The van der Waals surface area contributed by atoms with E-state index >= 15 is 0 Å². The van der Waals surface area contributed by atoms with Crippen LogP contribution in [0.5, 0.6) is 5.75 Å². The number of ether oxygens (including phenoxy) is 2. The van der Waals surface area contributed by atoms with Gasteiger partial charge in [-0.2, -0.15) is 0 Å². The Labute approximate surface area is 151 Å². The van der Waals surface area contributed by atoms with Crippen LogP contribution in [0.2, 0.25) is 0 Å². The monoisotopic (exact) mass is 355 g/mol. The predicted octanol–water partition coefficient (Wildman–Crippen LogP) is 2.69. The highest BCUT2D eigenvalue weighted by Gasteiger charge is 2.25. The number of carbonyl (C=O) groups excluding carboxylic acids is 1. The van der Waals surface area contributed by atoms with Gasteiger partial charge in [0.2, 0.25) is 0 Å². The summed E-state index contributed by atoms with van der Waals surface area (Å²) in [6, 6.07) is 10.4. The van der Waals surface area contributed by atoms with Gasteiger partial charge in [0.25, 0.3) is 5.91 Å². The molecule has 0 radical (unpaired) electrons. The largest absolute Gasteiger partial charge is 0.496 e. The topological polar surface area (TPSA) is 78.5 Å². The van der Waals surface area contributed by atoms with E-state index in [0.29, 0.717) is 23.9 Å². The van der Waals surface area contributed by atoms with E-state index in [2.05, 4.69) is 10.3 Å². The first-order chi connectivity index (χ1) is 12.6. The maximum atomic E-state index is 12.7. The average Bonchev–Trinajstić information content (AvgIpc) is 3.29. The molecular weight excluding hydrogens is 334 g/mol. The lowest BCUT2D eigenvalue weighted by atomic mass is 10.0. The Morgan fingerprint density at radius 1 is 1.27 bits per heavy atom. The van der Waals surface area contributed by atoms with Gasteiger partial charge in [-0.3, -0.25) is 4.79 Å². The van der Waals surface area contributed by atoms with E-state index in [1.807, 2.05) is 42.1 Å². The van der Waals surface area contributed by atoms with Gasteiger partial charge < -0.3 is 23.8 Å². The third-order valence-electron chi connectivity index (χ3n) is 4.01. The number of aryl methyl sites for hydroxylation is 1. The van der Waals surface area contributed by atoms with Crippen molar-refractivity contribution in [3.05, 3.63) is 71.7 Å². The van der Waals surface area contributed by atoms with Gasteiger partial charge in [-0.25, -0.2) is 4.98 Å². The maximum Gasteiger partial charge on any atom is 0.287 e. The molecule has 0 saturated carbocycles. The zero-order valence-electron chi connectivity index (χ0n) is 14.9. The summed E-state index contributed by atoms with van der Waals surface area (Å²) in [7, 11) is 5.04. The maximum absolute atomic E-state index is 12.7. The number of methoxy groups -OCH3 is 2. The Kier molecular flexibility index (Phi) is 5.38. The van der Waals surface area contributed by atoms with Crippen molar-refractivity contribution >= 4 is 5.91 Å². The number of para-hydroxylation sites is 1. The fourth-order valence-electron chi connectivity index (χ4n) is 2.76. The zero-order valence-corrected chi connectivity index (χ0v) is 14.9. The molecule has 1 atom stereocenters. The molecule has 0 spiro atoms. The first-order valence-electron chi connectivity index (χ1n) is 8.12. The molecule has 0 bridgehead atoms. The molecule has 0 aliphatic rings. The Bertz CT molecular complexity index is 884. The van der Waals surface area contributed by atoms with Gasteiger partial charge >= 0.3 is 0 Å². The van der Waals surface area contributed by atoms with Gasteiger partial charge in [0, 0.05) is 32.1 Å². The van der Waals surface area contributed by atoms with Crippen LogP contribution in [0, 0.1) is 0 Å². The summed E-state index contributed by atoms with van der Waals surface area (Å²) >= 11 is 0. The molecule has 0 fully saturated rings. The SMILES string of the molecule is COCc1ccc(C(=O)NC(c2ccccc2OC)c2nccn2C)o1. The Balaban J connectivity index is 1.93. The van der Waals surface area contributed by atoms with Crippen molar-refractivity contribution in [1.82, 2.24) is 14.9 Å². The van der Waals surface area contributed by atoms with E-state index in [-0.39, 0.29) is 11.7 Å². The van der Waals surface area contributed by atoms with E-state index in [1.54, 1.807) is 32.5 Å². The number of rotatable bonds is 7. The standard InChI is InChI=1S/C19H21N3O4/c1-22-11-10-20-18(22)17(14-6-4-5-7-15(14)25-3)21-19(23)16-9-8-13(26-16)12-24-2/h4-11,17H,12H2,1-3H3,(H,21,23). The average molecular weight is 355 g/mol. The summed E-state index contributed by atoms with van der Waals surface area (Å²) in [6.45, 7) is 0.308. The van der Waals surface area contributed by atoms with Crippen molar-refractivity contribution in [2.24, 2.45) is 7.05 Å². The van der Waals surface area contributed by atoms with Crippen molar-refractivity contribution in [2.45, 2.75) is 12.6 Å². The molecule has 1 amide bonds. The molecular formula is C19H21N3O4. The lowest BCUT2D eigenvalue weighted by Crippen LogP contribution is -2.31. The molecule has 2 heterocycles. The normalized spacial score (nSPS) is 12.0. The number of hydrogen-bond donors (Lipinski definition) is 1. The van der Waals surface area contributed by atoms with Crippen LogP contribution < -0.4 is 10.1 Å². The van der Waals surface area contributed by atoms with E-state index < -0.39 is 6.04 Å². The molecule has 0 aliphatic carbocycles. The Morgan fingerprint density at radius 3 is 2.77 bits per heavy atom. The Hall–Kier alpha value is -3.06. The molecule has 2 aromatic heterocycles. The molecule has 3 rings (SSSR count). The molecule has 1 N–H and O–H groups in total. The fraction of sp³-hybridized carbons (Fsp3) is 0.263. The van der Waals surface area contributed by atoms with E-state index in [4.69, 9.17) is 13.9 Å². The minimum absolute atomic E-state index is 0.214. The second-order valence-corrected chi connectivity index (χ2v) is 5.74. The number of aromatic nitrogens is 2. The van der Waals surface area contributed by atoms with E-state index in [9.17, 15) is 4.79 Å². The Morgan fingerprint density at radius 2 is 2.08 bits per heavy atom. The summed E-state index contributed by atoms with van der Waals surface area (Å²) in [5.41, 5.74) is 0.807. The van der Waals surface area contributed by atoms with Crippen molar-refractivity contribution in [3.63, 3.8) is 0 Å². The molecule has 7 nitrogen and oxygen atoms in total. The summed E-state index contributed by atoms with van der Waals surface area (Å²) in [5, 5.41) is 2.99. The highest BCUT2D eigenvalue weighted by atomic mass is 16.5. The fourth-order valence-corrected chi connectivity index (χ4v) is 2.76. The smallest absolute Gasteiger partial charge is 0.287 e. The third-order valence-corrected chi connectivity index (χ3v) is 4.01. The summed E-state index contributed by atoms with van der Waals surface area (Å²) in [5.74, 6) is 1.81. The highest BCUT2D eigenvalue weighted by Crippen LogP contribution is 2.29. The molecule has 0 aliphatic heterocycles. The summed E-state index contributed by atoms with van der Waals surface area (Å²) < 4.78 is 17.9. The summed E-state index contributed by atoms with van der Waals surface area (Å²) in [6.07, 6.45) is 3.51. The van der Waals surface area contributed by atoms with Crippen LogP contribution in [0.25, 0.3) is 0 Å². The van der Waals surface area contributed by atoms with Crippen LogP contribution in [-0.2, 0) is 18.4 Å². The lowest BCUT2D eigenvalue weighted by molar-refractivity contribution is 0.0904. The van der Waals surface area contributed by atoms with Crippen LogP contribution in [0.3, 0.4) is 0 Å². The molecule has 26 heavy (non-hydrogen) atoms. The molecule has 7 heteroatoms. The van der Waals surface area contributed by atoms with Crippen molar-refractivity contribution < 1.29 is 18.7 Å². The van der Waals surface area contributed by atoms with Crippen molar-refractivity contribution in [3.8, 4) is 5.75 Å². The van der Waals surface area contributed by atoms with E-state index in [0.717, 1.165) is 5.56 Å². The minimum atomic E-state index is -0.491. The van der Waals surface area contributed by atoms with Gasteiger partial charge in [-0.15, -0.1) is 0 Å². The number of hydrogen-bond acceptors (Lipinski definition) is 5. The third kappa shape index (κ3) is 3.62. The molecule has 1 aromatic carbocycles. The molecule has 1 unspecified atom stereocenters. The predicted molar refractivity (Wildman–Crippen MR) is 94.9 cm³/mol. The number of imidazole rings is 1. The van der Waals surface area contributed by atoms with Crippen LogP contribution in [0.15, 0.2) is 53.2 Å². The minimum Gasteiger partial charge on any atom is -0.496 e. The van der Waals surface area contributed by atoms with Gasteiger partial charge in [0.15, 0.2) is 5.76 Å². The second-order valence-electron chi connectivity index (χ2n) is 5.74. The van der Waals surface area contributed by atoms with Crippen LogP contribution in [-0.4, -0.2) is 29.7 Å². The number of furan rings is 1. The van der Waals surface area contributed by atoms with Crippen LogP contribution in [0.1, 0.15) is 33.7 Å². The van der Waals surface area contributed by atoms with Gasteiger partial charge in [0.05, 0.1) is 7.11 Å². The van der Waals surface area contributed by atoms with Gasteiger partial charge in [-0.05, 0) is 18.2 Å². The van der Waals surface area contributed by atoms with E-state index in [1.165, 1.54) is 0 Å². The number of amides is 1. The first-order valence-corrected chi connectivity index (χ1v) is 8.12. The highest BCUT2D eigenvalue weighted by molar-refractivity contribution is 5.92. The van der Waals surface area contributed by atoms with Crippen LogP contribution in [0.4, 0.5) is 0 Å². The van der Waals surface area contributed by atoms with Crippen molar-refractivity contribution in [2.75, 3.05) is 14.2 Å². The number of nitrogens with zero attached hydrogens (tertiary/aromatic N) is 2. The van der Waals surface area contributed by atoms with Crippen molar-refractivity contribution in [1.29, 1.82) is 0 Å². The molecule has 0 saturated heterocycles. The van der Waals surface area contributed by atoms with Gasteiger partial charge in [0.1, 0.15) is 30.0 Å². The quantitative estimate of drug-likeness (QED) is 0.705. The lowest BCUT2D eigenvalue weighted by Gasteiger charge is -2.20. The second kappa shape index (κ2) is 7.88. The first kappa shape index (κ1) is 17.8.